The lowest BCUT2D eigenvalue weighted by atomic mass is 10.1. The number of rotatable bonds is 4. The quantitative estimate of drug-likeness (QED) is 0.678. The molecule has 4 rings (SSSR count). The number of Topliss-reactive ketones (excluding diaryl/α,β-unsaturated/α-hetero) is 1. The van der Waals surface area contributed by atoms with Gasteiger partial charge in [0.15, 0.2) is 5.78 Å². The molecule has 1 aromatic carbocycles. The van der Waals surface area contributed by atoms with Gasteiger partial charge in [-0.25, -0.2) is 14.8 Å². The Kier molecular flexibility index (Phi) is 4.02. The zero-order valence-corrected chi connectivity index (χ0v) is 13.6. The standard InChI is InChI=1S/C17H18N6O2/c24-15(12-2-3-13-14(10-12)21-17(25)20-13)11-22-6-8-23(9-7-22)16-18-4-1-5-19-16/h1-5,10H,6-9,11H2,(H2,20,21,25). The van der Waals surface area contributed by atoms with Gasteiger partial charge in [-0.15, -0.1) is 0 Å². The molecule has 0 unspecified atom stereocenters. The third kappa shape index (κ3) is 3.29. The zero-order chi connectivity index (χ0) is 17.2. The molecule has 3 heterocycles. The van der Waals surface area contributed by atoms with Crippen LogP contribution >= 0.6 is 0 Å². The molecule has 25 heavy (non-hydrogen) atoms. The third-order valence-corrected chi connectivity index (χ3v) is 4.41. The van der Waals surface area contributed by atoms with Gasteiger partial charge in [0.1, 0.15) is 0 Å². The number of ketones is 1. The largest absolute Gasteiger partial charge is 0.338 e. The van der Waals surface area contributed by atoms with Crippen molar-refractivity contribution >= 4 is 22.8 Å². The third-order valence-electron chi connectivity index (χ3n) is 4.41. The molecule has 1 aliphatic rings. The van der Waals surface area contributed by atoms with Crippen LogP contribution in [-0.4, -0.2) is 63.3 Å². The molecule has 1 fully saturated rings. The number of carbonyl (C=O) groups is 1. The summed E-state index contributed by atoms with van der Waals surface area (Å²) >= 11 is 0. The topological polar surface area (TPSA) is 98.0 Å². The van der Waals surface area contributed by atoms with E-state index in [-0.39, 0.29) is 11.5 Å². The fourth-order valence-electron chi connectivity index (χ4n) is 3.06. The lowest BCUT2D eigenvalue weighted by molar-refractivity contribution is 0.0926. The van der Waals surface area contributed by atoms with Crippen LogP contribution in [0.1, 0.15) is 10.4 Å². The van der Waals surface area contributed by atoms with Gasteiger partial charge in [0.05, 0.1) is 17.6 Å². The molecule has 0 atom stereocenters. The van der Waals surface area contributed by atoms with Crippen molar-refractivity contribution in [1.82, 2.24) is 24.8 Å². The van der Waals surface area contributed by atoms with E-state index in [0.717, 1.165) is 32.1 Å². The Bertz CT molecular complexity index is 940. The van der Waals surface area contributed by atoms with E-state index < -0.39 is 0 Å². The molecular formula is C17H18N6O2. The summed E-state index contributed by atoms with van der Waals surface area (Å²) in [5.41, 5.74) is 1.70. The summed E-state index contributed by atoms with van der Waals surface area (Å²) in [4.78, 5) is 42.0. The number of anilines is 1. The highest BCUT2D eigenvalue weighted by Crippen LogP contribution is 2.13. The van der Waals surface area contributed by atoms with Gasteiger partial charge in [-0.2, -0.15) is 0 Å². The molecule has 0 amide bonds. The molecule has 2 N–H and O–H groups in total. The van der Waals surface area contributed by atoms with Crippen LogP contribution in [-0.2, 0) is 0 Å². The van der Waals surface area contributed by atoms with Crippen LogP contribution in [0.3, 0.4) is 0 Å². The highest BCUT2D eigenvalue weighted by Gasteiger charge is 2.21. The van der Waals surface area contributed by atoms with Crippen molar-refractivity contribution < 1.29 is 4.79 Å². The van der Waals surface area contributed by atoms with Gasteiger partial charge < -0.3 is 14.9 Å². The SMILES string of the molecule is O=C(CN1CCN(c2ncccn2)CC1)c1ccc2[nH]c(=O)[nH]c2c1. The van der Waals surface area contributed by atoms with Crippen molar-refractivity contribution in [2.75, 3.05) is 37.6 Å². The molecule has 1 saturated heterocycles. The van der Waals surface area contributed by atoms with Gasteiger partial charge in [-0.05, 0) is 24.3 Å². The van der Waals surface area contributed by atoms with Crippen molar-refractivity contribution in [3.8, 4) is 0 Å². The molecule has 0 radical (unpaired) electrons. The Balaban J connectivity index is 1.39. The Hall–Kier alpha value is -3.00. The molecule has 128 valence electrons. The number of piperazine rings is 1. The second-order valence-corrected chi connectivity index (χ2v) is 6.07. The molecule has 0 aliphatic carbocycles. The lowest BCUT2D eigenvalue weighted by Gasteiger charge is -2.34. The van der Waals surface area contributed by atoms with E-state index in [1.165, 1.54) is 0 Å². The van der Waals surface area contributed by atoms with E-state index in [4.69, 9.17) is 0 Å². The molecule has 8 nitrogen and oxygen atoms in total. The fraction of sp³-hybridized carbons (Fsp3) is 0.294. The molecular weight excluding hydrogens is 320 g/mol. The van der Waals surface area contributed by atoms with E-state index >= 15 is 0 Å². The van der Waals surface area contributed by atoms with E-state index in [2.05, 4.69) is 29.7 Å². The number of nitrogens with zero attached hydrogens (tertiary/aromatic N) is 4. The molecule has 1 aliphatic heterocycles. The van der Waals surface area contributed by atoms with Gasteiger partial charge in [-0.1, -0.05) is 0 Å². The number of hydrogen-bond acceptors (Lipinski definition) is 6. The normalized spacial score (nSPS) is 15.6. The Labute approximate surface area is 143 Å². The molecule has 0 bridgehead atoms. The number of aromatic amines is 2. The van der Waals surface area contributed by atoms with Crippen LogP contribution in [0, 0.1) is 0 Å². The van der Waals surface area contributed by atoms with Gasteiger partial charge in [-0.3, -0.25) is 9.69 Å². The summed E-state index contributed by atoms with van der Waals surface area (Å²) in [7, 11) is 0. The average molecular weight is 338 g/mol. The first kappa shape index (κ1) is 15.5. The van der Waals surface area contributed by atoms with Crippen molar-refractivity contribution in [2.45, 2.75) is 0 Å². The smallest absolute Gasteiger partial charge is 0.323 e. The molecule has 8 heteroatoms. The van der Waals surface area contributed by atoms with Crippen LogP contribution in [0.25, 0.3) is 11.0 Å². The lowest BCUT2D eigenvalue weighted by Crippen LogP contribution is -2.48. The fourth-order valence-corrected chi connectivity index (χ4v) is 3.06. The predicted octanol–water partition coefficient (Wildman–Crippen LogP) is 0.651. The van der Waals surface area contributed by atoms with E-state index in [1.54, 1.807) is 36.7 Å². The first-order valence-corrected chi connectivity index (χ1v) is 8.18. The number of fused-ring (bicyclic) bond motifs is 1. The maximum atomic E-state index is 12.5. The average Bonchev–Trinajstić information content (AvgIpc) is 3.02. The number of carbonyl (C=O) groups excluding carboxylic acids is 1. The second-order valence-electron chi connectivity index (χ2n) is 6.07. The van der Waals surface area contributed by atoms with Gasteiger partial charge >= 0.3 is 5.69 Å². The van der Waals surface area contributed by atoms with Crippen LogP contribution in [0.5, 0.6) is 0 Å². The summed E-state index contributed by atoms with van der Waals surface area (Å²) < 4.78 is 0. The second kappa shape index (κ2) is 6.48. The number of H-pyrrole nitrogens is 2. The molecule has 3 aromatic rings. The maximum Gasteiger partial charge on any atom is 0.323 e. The minimum Gasteiger partial charge on any atom is -0.338 e. The number of nitrogens with one attached hydrogen (secondary N) is 2. The minimum absolute atomic E-state index is 0.0494. The van der Waals surface area contributed by atoms with Crippen molar-refractivity contribution in [3.05, 3.63) is 52.7 Å². The van der Waals surface area contributed by atoms with E-state index in [9.17, 15) is 9.59 Å². The summed E-state index contributed by atoms with van der Waals surface area (Å²) in [5, 5.41) is 0. The van der Waals surface area contributed by atoms with Crippen LogP contribution in [0.2, 0.25) is 0 Å². The Morgan fingerprint density at radius 2 is 1.76 bits per heavy atom. The number of aromatic nitrogens is 4. The minimum atomic E-state index is -0.265. The summed E-state index contributed by atoms with van der Waals surface area (Å²) in [6, 6.07) is 7.03. The summed E-state index contributed by atoms with van der Waals surface area (Å²) in [6.07, 6.45) is 3.47. The maximum absolute atomic E-state index is 12.5. The van der Waals surface area contributed by atoms with Gasteiger partial charge in [0, 0.05) is 44.1 Å². The van der Waals surface area contributed by atoms with Crippen LogP contribution in [0.15, 0.2) is 41.5 Å². The summed E-state index contributed by atoms with van der Waals surface area (Å²) in [6.45, 7) is 3.52. The Morgan fingerprint density at radius 3 is 2.52 bits per heavy atom. The van der Waals surface area contributed by atoms with Crippen LogP contribution < -0.4 is 10.6 Å². The van der Waals surface area contributed by atoms with Crippen molar-refractivity contribution in [1.29, 1.82) is 0 Å². The van der Waals surface area contributed by atoms with Crippen molar-refractivity contribution in [2.24, 2.45) is 0 Å². The highest BCUT2D eigenvalue weighted by molar-refractivity contribution is 6.00. The first-order chi connectivity index (χ1) is 12.2. The Morgan fingerprint density at radius 1 is 1.04 bits per heavy atom. The summed E-state index contributed by atoms with van der Waals surface area (Å²) in [5.74, 6) is 0.781. The van der Waals surface area contributed by atoms with E-state index in [1.807, 2.05) is 0 Å². The van der Waals surface area contributed by atoms with E-state index in [0.29, 0.717) is 23.1 Å². The first-order valence-electron chi connectivity index (χ1n) is 8.18. The van der Waals surface area contributed by atoms with Crippen molar-refractivity contribution in [3.63, 3.8) is 0 Å². The molecule has 0 spiro atoms. The number of benzene rings is 1. The predicted molar refractivity (Wildman–Crippen MR) is 93.9 cm³/mol. The van der Waals surface area contributed by atoms with Gasteiger partial charge in [0.25, 0.3) is 0 Å². The number of imidazole rings is 1. The number of hydrogen-bond donors (Lipinski definition) is 2. The molecule has 2 aromatic heterocycles. The monoisotopic (exact) mass is 338 g/mol. The highest BCUT2D eigenvalue weighted by atomic mass is 16.1. The zero-order valence-electron chi connectivity index (χ0n) is 13.6. The molecule has 0 saturated carbocycles. The van der Waals surface area contributed by atoms with Gasteiger partial charge in [0.2, 0.25) is 5.95 Å². The van der Waals surface area contributed by atoms with Crippen LogP contribution in [0.4, 0.5) is 5.95 Å².